The summed E-state index contributed by atoms with van der Waals surface area (Å²) >= 11 is 0. The summed E-state index contributed by atoms with van der Waals surface area (Å²) in [4.78, 5) is 17.1. The Bertz CT molecular complexity index is 785. The van der Waals surface area contributed by atoms with Gasteiger partial charge in [-0.2, -0.15) is 0 Å². The van der Waals surface area contributed by atoms with E-state index in [1.54, 1.807) is 14.2 Å². The number of benzene rings is 2. The molecule has 3 rings (SSSR count). The van der Waals surface area contributed by atoms with Gasteiger partial charge in [-0.15, -0.1) is 0 Å². The summed E-state index contributed by atoms with van der Waals surface area (Å²) in [6.07, 6.45) is 2.41. The van der Waals surface area contributed by atoms with Crippen molar-refractivity contribution < 1.29 is 14.3 Å². The molecule has 5 heteroatoms. The maximum atomic E-state index is 12.7. The van der Waals surface area contributed by atoms with Gasteiger partial charge in [-0.1, -0.05) is 31.2 Å². The number of hydrogen-bond donors (Lipinski definition) is 0. The molecule has 150 valence electrons. The monoisotopic (exact) mass is 382 g/mol. The van der Waals surface area contributed by atoms with Crippen LogP contribution in [0.4, 0.5) is 5.69 Å². The minimum absolute atomic E-state index is 0.163. The van der Waals surface area contributed by atoms with E-state index in [9.17, 15) is 4.79 Å². The quantitative estimate of drug-likeness (QED) is 0.723. The van der Waals surface area contributed by atoms with Crippen molar-refractivity contribution in [3.05, 3.63) is 54.1 Å². The van der Waals surface area contributed by atoms with E-state index in [-0.39, 0.29) is 11.9 Å². The van der Waals surface area contributed by atoms with Gasteiger partial charge in [-0.3, -0.25) is 9.69 Å². The van der Waals surface area contributed by atoms with E-state index in [1.165, 1.54) is 5.56 Å². The maximum absolute atomic E-state index is 12.7. The molecule has 0 spiro atoms. The Morgan fingerprint density at radius 2 is 1.82 bits per heavy atom. The number of nitrogens with zero attached hydrogens (tertiary/aromatic N) is 2. The summed E-state index contributed by atoms with van der Waals surface area (Å²) in [6.45, 7) is 4.71. The second-order valence-corrected chi connectivity index (χ2v) is 7.14. The zero-order valence-corrected chi connectivity index (χ0v) is 17.1. The Labute approximate surface area is 167 Å². The number of amides is 1. The van der Waals surface area contributed by atoms with Crippen LogP contribution in [0.2, 0.25) is 0 Å². The van der Waals surface area contributed by atoms with Crippen LogP contribution in [0.15, 0.2) is 48.5 Å². The number of anilines is 1. The summed E-state index contributed by atoms with van der Waals surface area (Å²) in [5, 5.41) is 0. The molecule has 0 atom stereocenters. The van der Waals surface area contributed by atoms with Crippen molar-refractivity contribution in [1.29, 1.82) is 0 Å². The number of methoxy groups -OCH3 is 2. The molecule has 5 nitrogen and oxygen atoms in total. The molecule has 1 aliphatic heterocycles. The molecule has 1 amide bonds. The molecule has 0 radical (unpaired) electrons. The van der Waals surface area contributed by atoms with Crippen LogP contribution in [0.3, 0.4) is 0 Å². The maximum Gasteiger partial charge on any atom is 0.226 e. The Morgan fingerprint density at radius 1 is 1.07 bits per heavy atom. The number of likely N-dealkylation sites (tertiary alicyclic amines) is 1. The van der Waals surface area contributed by atoms with Gasteiger partial charge >= 0.3 is 0 Å². The molecule has 0 aliphatic carbocycles. The fourth-order valence-corrected chi connectivity index (χ4v) is 3.90. The number of carbonyl (C=O) groups is 1. The summed E-state index contributed by atoms with van der Waals surface area (Å²) in [7, 11) is 3.37. The SMILES string of the molecule is CCC(=O)N(c1cccc(OC)c1)C1CCN(Cc2ccccc2OC)CC1. The van der Waals surface area contributed by atoms with Gasteiger partial charge in [0.25, 0.3) is 0 Å². The topological polar surface area (TPSA) is 42.0 Å². The van der Waals surface area contributed by atoms with Gasteiger partial charge in [0.05, 0.1) is 14.2 Å². The van der Waals surface area contributed by atoms with Crippen molar-refractivity contribution in [2.75, 3.05) is 32.2 Å². The molecule has 1 aliphatic rings. The first-order valence-electron chi connectivity index (χ1n) is 9.96. The van der Waals surface area contributed by atoms with E-state index >= 15 is 0 Å². The van der Waals surface area contributed by atoms with Crippen molar-refractivity contribution >= 4 is 11.6 Å². The van der Waals surface area contributed by atoms with E-state index in [1.807, 2.05) is 48.2 Å². The molecule has 2 aromatic rings. The predicted octanol–water partition coefficient (Wildman–Crippen LogP) is 4.11. The zero-order chi connectivity index (χ0) is 19.9. The van der Waals surface area contributed by atoms with Gasteiger partial charge in [0.15, 0.2) is 0 Å². The highest BCUT2D eigenvalue weighted by atomic mass is 16.5. The van der Waals surface area contributed by atoms with Crippen molar-refractivity contribution in [2.24, 2.45) is 0 Å². The van der Waals surface area contributed by atoms with Gasteiger partial charge < -0.3 is 14.4 Å². The number of ether oxygens (including phenoxy) is 2. The Morgan fingerprint density at radius 3 is 2.50 bits per heavy atom. The van der Waals surface area contributed by atoms with Crippen molar-refractivity contribution in [3.63, 3.8) is 0 Å². The van der Waals surface area contributed by atoms with Crippen LogP contribution in [0.25, 0.3) is 0 Å². The lowest BCUT2D eigenvalue weighted by atomic mass is 10.0. The van der Waals surface area contributed by atoms with Crippen molar-refractivity contribution in [1.82, 2.24) is 4.90 Å². The van der Waals surface area contributed by atoms with Crippen molar-refractivity contribution in [3.8, 4) is 11.5 Å². The van der Waals surface area contributed by atoms with Crippen LogP contribution in [0, 0.1) is 0 Å². The minimum Gasteiger partial charge on any atom is -0.497 e. The summed E-state index contributed by atoms with van der Waals surface area (Å²) < 4.78 is 10.8. The number of para-hydroxylation sites is 1. The number of carbonyl (C=O) groups excluding carboxylic acids is 1. The first-order valence-corrected chi connectivity index (χ1v) is 9.96. The Balaban J connectivity index is 1.69. The first kappa shape index (κ1) is 20.2. The van der Waals surface area contributed by atoms with Crippen LogP contribution in [0.5, 0.6) is 11.5 Å². The molecule has 28 heavy (non-hydrogen) atoms. The molecule has 1 fully saturated rings. The molecule has 2 aromatic carbocycles. The smallest absolute Gasteiger partial charge is 0.226 e. The average molecular weight is 383 g/mol. The van der Waals surface area contributed by atoms with Crippen LogP contribution < -0.4 is 14.4 Å². The lowest BCUT2D eigenvalue weighted by Crippen LogP contribution is -2.47. The number of hydrogen-bond acceptors (Lipinski definition) is 4. The van der Waals surface area contributed by atoms with Crippen LogP contribution >= 0.6 is 0 Å². The third kappa shape index (κ3) is 4.65. The van der Waals surface area contributed by atoms with Gasteiger partial charge in [0.1, 0.15) is 11.5 Å². The van der Waals surface area contributed by atoms with Gasteiger partial charge in [-0.05, 0) is 31.0 Å². The molecule has 0 unspecified atom stereocenters. The molecule has 1 saturated heterocycles. The zero-order valence-electron chi connectivity index (χ0n) is 17.1. The van der Waals surface area contributed by atoms with Gasteiger partial charge in [-0.25, -0.2) is 0 Å². The van der Waals surface area contributed by atoms with E-state index in [0.29, 0.717) is 6.42 Å². The highest BCUT2D eigenvalue weighted by Gasteiger charge is 2.28. The molecule has 0 saturated carbocycles. The summed E-state index contributed by atoms with van der Waals surface area (Å²) in [5.74, 6) is 1.88. The fourth-order valence-electron chi connectivity index (χ4n) is 3.90. The predicted molar refractivity (Wildman–Crippen MR) is 112 cm³/mol. The van der Waals surface area contributed by atoms with E-state index < -0.39 is 0 Å². The third-order valence-electron chi connectivity index (χ3n) is 5.41. The molecule has 1 heterocycles. The number of rotatable bonds is 7. The largest absolute Gasteiger partial charge is 0.497 e. The molecular weight excluding hydrogens is 352 g/mol. The molecule has 0 aromatic heterocycles. The Kier molecular flexibility index (Phi) is 6.93. The van der Waals surface area contributed by atoms with Crippen LogP contribution in [0.1, 0.15) is 31.7 Å². The Hall–Kier alpha value is -2.53. The van der Waals surface area contributed by atoms with E-state index in [0.717, 1.165) is 49.7 Å². The standard InChI is InChI=1S/C23H30N2O3/c1-4-23(26)25(20-9-7-10-21(16-20)27-2)19-12-14-24(15-13-19)17-18-8-5-6-11-22(18)28-3/h5-11,16,19H,4,12-15,17H2,1-3H3. The lowest BCUT2D eigenvalue weighted by molar-refractivity contribution is -0.119. The fraction of sp³-hybridized carbons (Fsp3) is 0.435. The van der Waals surface area contributed by atoms with Crippen LogP contribution in [-0.2, 0) is 11.3 Å². The van der Waals surface area contributed by atoms with Gasteiger partial charge in [0, 0.05) is 49.4 Å². The minimum atomic E-state index is 0.163. The summed E-state index contributed by atoms with van der Waals surface area (Å²) in [5.41, 5.74) is 2.13. The molecular formula is C23H30N2O3. The normalized spacial score (nSPS) is 15.2. The highest BCUT2D eigenvalue weighted by molar-refractivity contribution is 5.94. The molecule has 0 N–H and O–H groups in total. The van der Waals surface area contributed by atoms with E-state index in [4.69, 9.17) is 9.47 Å². The van der Waals surface area contributed by atoms with E-state index in [2.05, 4.69) is 17.0 Å². The lowest BCUT2D eigenvalue weighted by Gasteiger charge is -2.38. The third-order valence-corrected chi connectivity index (χ3v) is 5.41. The van der Waals surface area contributed by atoms with Crippen molar-refractivity contribution in [2.45, 2.75) is 38.8 Å². The number of piperidine rings is 1. The highest BCUT2D eigenvalue weighted by Crippen LogP contribution is 2.29. The second kappa shape index (κ2) is 9.60. The second-order valence-electron chi connectivity index (χ2n) is 7.14. The average Bonchev–Trinajstić information content (AvgIpc) is 2.75. The van der Waals surface area contributed by atoms with Gasteiger partial charge in [0.2, 0.25) is 5.91 Å². The first-order chi connectivity index (χ1) is 13.7. The van der Waals surface area contributed by atoms with Crippen LogP contribution in [-0.4, -0.2) is 44.2 Å². The molecule has 0 bridgehead atoms. The summed E-state index contributed by atoms with van der Waals surface area (Å²) in [6, 6.07) is 16.2.